The molecule has 0 bridgehead atoms. The number of fused-ring (bicyclic) bond motifs is 1. The van der Waals surface area contributed by atoms with Gasteiger partial charge < -0.3 is 19.9 Å². The monoisotopic (exact) mass is 327 g/mol. The third kappa shape index (κ3) is 3.03. The molecule has 1 aliphatic heterocycles. The van der Waals surface area contributed by atoms with E-state index in [2.05, 4.69) is 5.32 Å². The van der Waals surface area contributed by atoms with E-state index in [1.807, 2.05) is 24.3 Å². The van der Waals surface area contributed by atoms with Gasteiger partial charge in [0, 0.05) is 12.1 Å². The van der Waals surface area contributed by atoms with Crippen molar-refractivity contribution in [1.29, 1.82) is 0 Å². The van der Waals surface area contributed by atoms with Crippen LogP contribution in [0.4, 0.5) is 0 Å². The molecule has 1 heterocycles. The highest BCUT2D eigenvalue weighted by atomic mass is 16.5. The number of aromatic carboxylic acids is 1. The Morgan fingerprint density at radius 3 is 2.83 bits per heavy atom. The normalized spacial score (nSPS) is 15.3. The number of rotatable bonds is 5. The van der Waals surface area contributed by atoms with Crippen LogP contribution in [0.3, 0.4) is 0 Å². The molecule has 0 spiro atoms. The van der Waals surface area contributed by atoms with Crippen LogP contribution in [0.2, 0.25) is 0 Å². The van der Waals surface area contributed by atoms with E-state index in [1.165, 1.54) is 13.2 Å². The molecule has 1 aliphatic rings. The molecule has 24 heavy (non-hydrogen) atoms. The fraction of sp³-hybridized carbons (Fsp3) is 0.222. The molecule has 0 aromatic heterocycles. The topological polar surface area (TPSA) is 84.9 Å². The number of hydrogen-bond donors (Lipinski definition) is 2. The molecule has 0 fully saturated rings. The molecule has 6 nitrogen and oxygen atoms in total. The molecule has 0 saturated heterocycles. The summed E-state index contributed by atoms with van der Waals surface area (Å²) in [4.78, 5) is 23.6. The molecular formula is C18H17NO5. The van der Waals surface area contributed by atoms with E-state index in [0.29, 0.717) is 12.2 Å². The van der Waals surface area contributed by atoms with Crippen molar-refractivity contribution in [2.45, 2.75) is 12.5 Å². The molecule has 0 saturated carbocycles. The van der Waals surface area contributed by atoms with Gasteiger partial charge in [-0.25, -0.2) is 4.79 Å². The van der Waals surface area contributed by atoms with Gasteiger partial charge >= 0.3 is 5.97 Å². The van der Waals surface area contributed by atoms with Crippen LogP contribution in [-0.2, 0) is 11.3 Å². The number of nitrogens with one attached hydrogen (secondary N) is 1. The summed E-state index contributed by atoms with van der Waals surface area (Å²) in [5.74, 6) is -0.546. The highest BCUT2D eigenvalue weighted by Crippen LogP contribution is 2.33. The first-order chi connectivity index (χ1) is 11.6. The summed E-state index contributed by atoms with van der Waals surface area (Å²) in [5.41, 5.74) is 1.63. The smallest absolute Gasteiger partial charge is 0.339 e. The molecule has 0 aliphatic carbocycles. The minimum absolute atomic E-state index is 0.0683. The van der Waals surface area contributed by atoms with Crippen LogP contribution in [0.1, 0.15) is 27.4 Å². The van der Waals surface area contributed by atoms with Crippen LogP contribution >= 0.6 is 0 Å². The first-order valence-electron chi connectivity index (χ1n) is 7.50. The number of carboxylic acid groups (broad SMARTS) is 1. The standard InChI is InChI=1S/C18H17NO5/c1-23-15-7-6-11(8-13(15)18(21)22)9-19-17(20)14-10-24-16-5-3-2-4-12(14)16/h2-8,14H,9-10H2,1H3,(H,19,20)(H,21,22)/t14-/m0/s1. The van der Waals surface area contributed by atoms with Gasteiger partial charge in [-0.2, -0.15) is 0 Å². The summed E-state index contributed by atoms with van der Waals surface area (Å²) < 4.78 is 10.5. The van der Waals surface area contributed by atoms with Crippen molar-refractivity contribution >= 4 is 11.9 Å². The van der Waals surface area contributed by atoms with Gasteiger partial charge in [-0.3, -0.25) is 4.79 Å². The molecule has 2 aromatic carbocycles. The predicted molar refractivity (Wildman–Crippen MR) is 86.5 cm³/mol. The highest BCUT2D eigenvalue weighted by molar-refractivity contribution is 5.91. The summed E-state index contributed by atoms with van der Waals surface area (Å²) in [7, 11) is 1.42. The van der Waals surface area contributed by atoms with Crippen LogP contribution in [0.5, 0.6) is 11.5 Å². The Hall–Kier alpha value is -3.02. The summed E-state index contributed by atoms with van der Waals surface area (Å²) >= 11 is 0. The lowest BCUT2D eigenvalue weighted by Crippen LogP contribution is -2.29. The number of ether oxygens (including phenoxy) is 2. The van der Waals surface area contributed by atoms with Crippen molar-refractivity contribution in [3.8, 4) is 11.5 Å². The summed E-state index contributed by atoms with van der Waals surface area (Å²) in [6, 6.07) is 12.3. The minimum atomic E-state index is -1.07. The molecule has 6 heteroatoms. The maximum Gasteiger partial charge on any atom is 0.339 e. The lowest BCUT2D eigenvalue weighted by Gasteiger charge is -2.12. The van der Waals surface area contributed by atoms with E-state index in [9.17, 15) is 14.7 Å². The van der Waals surface area contributed by atoms with Crippen molar-refractivity contribution in [3.63, 3.8) is 0 Å². The van der Waals surface area contributed by atoms with E-state index in [0.717, 1.165) is 11.3 Å². The molecular weight excluding hydrogens is 310 g/mol. The van der Waals surface area contributed by atoms with Crippen LogP contribution < -0.4 is 14.8 Å². The molecule has 2 N–H and O–H groups in total. The van der Waals surface area contributed by atoms with Crippen molar-refractivity contribution in [3.05, 3.63) is 59.2 Å². The molecule has 3 rings (SSSR count). The third-order valence-electron chi connectivity index (χ3n) is 3.98. The van der Waals surface area contributed by atoms with E-state index in [4.69, 9.17) is 9.47 Å². The van der Waals surface area contributed by atoms with Gasteiger partial charge in [0.05, 0.1) is 7.11 Å². The van der Waals surface area contributed by atoms with Gasteiger partial charge in [0.25, 0.3) is 0 Å². The van der Waals surface area contributed by atoms with E-state index < -0.39 is 5.97 Å². The van der Waals surface area contributed by atoms with Crippen LogP contribution in [0.15, 0.2) is 42.5 Å². The SMILES string of the molecule is COc1ccc(CNC(=O)[C@H]2COc3ccccc32)cc1C(=O)O. The minimum Gasteiger partial charge on any atom is -0.496 e. The zero-order valence-electron chi connectivity index (χ0n) is 13.1. The quantitative estimate of drug-likeness (QED) is 0.879. The Bertz CT molecular complexity index is 787. The molecule has 1 atom stereocenters. The zero-order chi connectivity index (χ0) is 17.1. The van der Waals surface area contributed by atoms with E-state index >= 15 is 0 Å². The Kier molecular flexibility index (Phi) is 4.37. The van der Waals surface area contributed by atoms with Crippen LogP contribution in [0.25, 0.3) is 0 Å². The number of hydrogen-bond acceptors (Lipinski definition) is 4. The first-order valence-corrected chi connectivity index (χ1v) is 7.50. The second-order valence-electron chi connectivity index (χ2n) is 5.46. The van der Waals surface area contributed by atoms with Gasteiger partial charge in [0.1, 0.15) is 29.6 Å². The second-order valence-corrected chi connectivity index (χ2v) is 5.46. The Balaban J connectivity index is 1.69. The first kappa shape index (κ1) is 15.9. The fourth-order valence-corrected chi connectivity index (χ4v) is 2.72. The summed E-state index contributed by atoms with van der Waals surface area (Å²) in [5, 5.41) is 12.0. The number of para-hydroxylation sites is 1. The lowest BCUT2D eigenvalue weighted by atomic mass is 10.0. The average Bonchev–Trinajstić information content (AvgIpc) is 3.03. The number of methoxy groups -OCH3 is 1. The van der Waals surface area contributed by atoms with Gasteiger partial charge in [0.2, 0.25) is 5.91 Å². The third-order valence-corrected chi connectivity index (χ3v) is 3.98. The summed E-state index contributed by atoms with van der Waals surface area (Å²) in [6.45, 7) is 0.552. The molecule has 2 aromatic rings. The van der Waals surface area contributed by atoms with Crippen molar-refractivity contribution < 1.29 is 24.2 Å². The second kappa shape index (κ2) is 6.62. The summed E-state index contributed by atoms with van der Waals surface area (Å²) in [6.07, 6.45) is 0. The molecule has 1 amide bonds. The average molecular weight is 327 g/mol. The number of benzene rings is 2. The maximum atomic E-state index is 12.4. The van der Waals surface area contributed by atoms with Crippen LogP contribution in [0, 0.1) is 0 Å². The Morgan fingerprint density at radius 1 is 1.29 bits per heavy atom. The number of amides is 1. The Morgan fingerprint density at radius 2 is 2.08 bits per heavy atom. The van der Waals surface area contributed by atoms with E-state index in [-0.39, 0.29) is 29.7 Å². The van der Waals surface area contributed by atoms with Crippen LogP contribution in [-0.4, -0.2) is 30.7 Å². The van der Waals surface area contributed by atoms with Crippen molar-refractivity contribution in [2.75, 3.05) is 13.7 Å². The number of carbonyl (C=O) groups is 2. The lowest BCUT2D eigenvalue weighted by molar-refractivity contribution is -0.122. The van der Waals surface area contributed by atoms with Gasteiger partial charge in [0.15, 0.2) is 0 Å². The molecule has 124 valence electrons. The van der Waals surface area contributed by atoms with Crippen molar-refractivity contribution in [2.24, 2.45) is 0 Å². The molecule has 0 unspecified atom stereocenters. The zero-order valence-corrected chi connectivity index (χ0v) is 13.1. The van der Waals surface area contributed by atoms with Gasteiger partial charge in [-0.15, -0.1) is 0 Å². The largest absolute Gasteiger partial charge is 0.496 e. The maximum absolute atomic E-state index is 12.4. The number of carboxylic acids is 1. The predicted octanol–water partition coefficient (Wildman–Crippen LogP) is 2.19. The number of carbonyl (C=O) groups excluding carboxylic acids is 1. The van der Waals surface area contributed by atoms with Crippen molar-refractivity contribution in [1.82, 2.24) is 5.32 Å². The molecule has 0 radical (unpaired) electrons. The van der Waals surface area contributed by atoms with Gasteiger partial charge in [-0.1, -0.05) is 24.3 Å². The van der Waals surface area contributed by atoms with Gasteiger partial charge in [-0.05, 0) is 23.8 Å². The van der Waals surface area contributed by atoms with E-state index in [1.54, 1.807) is 12.1 Å². The fourth-order valence-electron chi connectivity index (χ4n) is 2.72. The Labute approximate surface area is 139 Å². The highest BCUT2D eigenvalue weighted by Gasteiger charge is 2.29.